The van der Waals surface area contributed by atoms with E-state index in [2.05, 4.69) is 42.9 Å². The standard InChI is InChI=1S/C23H28N2O4/c1-13-5-6-16(29-4)11-18(13)23-7-8-25(3)14(2)19(23)10-15-9-17(22(27)28)21(26)24-20(15)12-23/h5-6,9,11,14,19H,7-8,10,12H2,1-4H3,(H,24,26)(H,27,28)/t14-,19+,23-/m1/s1. The zero-order chi connectivity index (χ0) is 20.9. The lowest BCUT2D eigenvalue weighted by Gasteiger charge is -2.54. The van der Waals surface area contributed by atoms with Crippen LogP contribution in [0, 0.1) is 12.8 Å². The molecule has 0 bridgehead atoms. The summed E-state index contributed by atoms with van der Waals surface area (Å²) in [6.07, 6.45) is 2.43. The largest absolute Gasteiger partial charge is 0.497 e. The Hall–Kier alpha value is -2.60. The molecule has 0 spiro atoms. The van der Waals surface area contributed by atoms with Gasteiger partial charge in [-0.3, -0.25) is 4.79 Å². The number of carbonyl (C=O) groups is 1. The number of ether oxygens (including phenoxy) is 1. The lowest BCUT2D eigenvalue weighted by atomic mass is 9.56. The van der Waals surface area contributed by atoms with Gasteiger partial charge in [0.25, 0.3) is 5.56 Å². The highest BCUT2D eigenvalue weighted by Crippen LogP contribution is 2.50. The van der Waals surface area contributed by atoms with Crippen LogP contribution < -0.4 is 10.3 Å². The van der Waals surface area contributed by atoms with Crippen molar-refractivity contribution in [2.75, 3.05) is 20.7 Å². The van der Waals surface area contributed by atoms with Crippen molar-refractivity contribution in [1.29, 1.82) is 0 Å². The van der Waals surface area contributed by atoms with Crippen molar-refractivity contribution in [2.45, 2.75) is 44.6 Å². The smallest absolute Gasteiger partial charge is 0.341 e. The number of aromatic carboxylic acids is 1. The van der Waals surface area contributed by atoms with Crippen molar-refractivity contribution in [3.63, 3.8) is 0 Å². The average molecular weight is 396 g/mol. The summed E-state index contributed by atoms with van der Waals surface area (Å²) < 4.78 is 5.52. The van der Waals surface area contributed by atoms with E-state index in [0.29, 0.717) is 18.4 Å². The summed E-state index contributed by atoms with van der Waals surface area (Å²) in [6.45, 7) is 5.36. The molecule has 0 saturated carbocycles. The van der Waals surface area contributed by atoms with E-state index in [4.69, 9.17) is 4.74 Å². The summed E-state index contributed by atoms with van der Waals surface area (Å²) in [5.41, 5.74) is 3.50. The minimum absolute atomic E-state index is 0.120. The van der Waals surface area contributed by atoms with E-state index >= 15 is 0 Å². The summed E-state index contributed by atoms with van der Waals surface area (Å²) in [5.74, 6) is -0.0266. The van der Waals surface area contributed by atoms with Crippen LogP contribution in [-0.2, 0) is 18.3 Å². The van der Waals surface area contributed by atoms with Crippen LogP contribution in [0.2, 0.25) is 0 Å². The third kappa shape index (κ3) is 3.06. The molecule has 1 fully saturated rings. The Labute approximate surface area is 170 Å². The Morgan fingerprint density at radius 1 is 1.34 bits per heavy atom. The van der Waals surface area contributed by atoms with Crippen LogP contribution in [0.4, 0.5) is 0 Å². The molecule has 6 nitrogen and oxygen atoms in total. The molecule has 0 amide bonds. The van der Waals surface area contributed by atoms with Gasteiger partial charge >= 0.3 is 5.97 Å². The molecule has 1 saturated heterocycles. The average Bonchev–Trinajstić information content (AvgIpc) is 2.69. The fraction of sp³-hybridized carbons (Fsp3) is 0.478. The molecule has 1 aromatic carbocycles. The number of carboxylic acids is 1. The summed E-state index contributed by atoms with van der Waals surface area (Å²) in [4.78, 5) is 29.1. The number of aromatic nitrogens is 1. The summed E-state index contributed by atoms with van der Waals surface area (Å²) >= 11 is 0. The fourth-order valence-corrected chi connectivity index (χ4v) is 5.48. The molecule has 4 rings (SSSR count). The number of aromatic amines is 1. The van der Waals surface area contributed by atoms with E-state index in [1.165, 1.54) is 11.1 Å². The first-order valence-electron chi connectivity index (χ1n) is 10.1. The normalized spacial score (nSPS) is 26.5. The number of fused-ring (bicyclic) bond motifs is 2. The van der Waals surface area contributed by atoms with Crippen LogP contribution in [0.1, 0.15) is 46.1 Å². The first-order valence-corrected chi connectivity index (χ1v) is 10.1. The molecule has 29 heavy (non-hydrogen) atoms. The van der Waals surface area contributed by atoms with Crippen LogP contribution in [0.25, 0.3) is 0 Å². The Kier molecular flexibility index (Phi) is 4.77. The number of hydrogen-bond acceptors (Lipinski definition) is 4. The van der Waals surface area contributed by atoms with Crippen LogP contribution in [-0.4, -0.2) is 47.7 Å². The van der Waals surface area contributed by atoms with Crippen molar-refractivity contribution in [2.24, 2.45) is 5.92 Å². The number of nitrogens with one attached hydrogen (secondary N) is 1. The van der Waals surface area contributed by atoms with Gasteiger partial charge in [0.05, 0.1) is 7.11 Å². The van der Waals surface area contributed by atoms with Crippen molar-refractivity contribution >= 4 is 5.97 Å². The molecular weight excluding hydrogens is 368 g/mol. The minimum Gasteiger partial charge on any atom is -0.497 e. The number of pyridine rings is 1. The zero-order valence-electron chi connectivity index (χ0n) is 17.4. The summed E-state index contributed by atoms with van der Waals surface area (Å²) in [6, 6.07) is 8.16. The predicted octanol–water partition coefficient (Wildman–Crippen LogP) is 2.77. The van der Waals surface area contributed by atoms with E-state index in [1.54, 1.807) is 13.2 Å². The Bertz CT molecular complexity index is 1030. The number of benzene rings is 1. The number of H-pyrrole nitrogens is 1. The highest BCUT2D eigenvalue weighted by atomic mass is 16.5. The van der Waals surface area contributed by atoms with E-state index in [0.717, 1.165) is 36.4 Å². The van der Waals surface area contributed by atoms with Gasteiger partial charge in [-0.25, -0.2) is 4.79 Å². The van der Waals surface area contributed by atoms with Crippen molar-refractivity contribution in [3.8, 4) is 5.75 Å². The molecule has 2 aromatic rings. The lowest BCUT2D eigenvalue weighted by molar-refractivity contribution is 0.0447. The quantitative estimate of drug-likeness (QED) is 0.834. The van der Waals surface area contributed by atoms with E-state index in [9.17, 15) is 14.7 Å². The highest BCUT2D eigenvalue weighted by molar-refractivity contribution is 5.87. The molecule has 2 N–H and O–H groups in total. The molecule has 2 aliphatic rings. The maximum absolute atomic E-state index is 12.4. The first kappa shape index (κ1) is 19.7. The number of piperidine rings is 1. The molecule has 3 atom stereocenters. The van der Waals surface area contributed by atoms with Gasteiger partial charge in [-0.2, -0.15) is 0 Å². The Balaban J connectivity index is 1.91. The molecule has 2 heterocycles. The van der Waals surface area contributed by atoms with Gasteiger partial charge in [-0.05, 0) is 87.5 Å². The van der Waals surface area contributed by atoms with Gasteiger partial charge in [-0.15, -0.1) is 0 Å². The van der Waals surface area contributed by atoms with Crippen LogP contribution >= 0.6 is 0 Å². The Morgan fingerprint density at radius 2 is 2.10 bits per heavy atom. The second-order valence-electron chi connectivity index (χ2n) is 8.62. The highest BCUT2D eigenvalue weighted by Gasteiger charge is 2.50. The third-order valence-electron chi connectivity index (χ3n) is 7.26. The Morgan fingerprint density at radius 3 is 2.79 bits per heavy atom. The first-order chi connectivity index (χ1) is 13.8. The van der Waals surface area contributed by atoms with Crippen LogP contribution in [0.5, 0.6) is 5.75 Å². The molecule has 154 valence electrons. The van der Waals surface area contributed by atoms with Crippen molar-refractivity contribution in [1.82, 2.24) is 9.88 Å². The number of likely N-dealkylation sites (tertiary alicyclic amines) is 1. The number of hydrogen-bond donors (Lipinski definition) is 2. The number of methoxy groups -OCH3 is 1. The maximum atomic E-state index is 12.4. The monoisotopic (exact) mass is 396 g/mol. The van der Waals surface area contributed by atoms with Crippen LogP contribution in [0.3, 0.4) is 0 Å². The second kappa shape index (κ2) is 7.02. The topological polar surface area (TPSA) is 82.6 Å². The predicted molar refractivity (Wildman–Crippen MR) is 111 cm³/mol. The van der Waals surface area contributed by atoms with Gasteiger partial charge in [0.15, 0.2) is 0 Å². The van der Waals surface area contributed by atoms with Gasteiger partial charge < -0.3 is 19.7 Å². The van der Waals surface area contributed by atoms with Gasteiger partial charge in [0.1, 0.15) is 11.3 Å². The SMILES string of the molecule is COc1ccc(C)c([C@]23CCN(C)[C@H](C)[C@@H]2Cc2cc(C(=O)O)c(=O)[nH]c2C3)c1. The molecule has 0 radical (unpaired) electrons. The maximum Gasteiger partial charge on any atom is 0.341 e. The molecule has 6 heteroatoms. The van der Waals surface area contributed by atoms with Crippen molar-refractivity contribution < 1.29 is 14.6 Å². The lowest BCUT2D eigenvalue weighted by Crippen LogP contribution is -2.57. The minimum atomic E-state index is -1.18. The third-order valence-corrected chi connectivity index (χ3v) is 7.26. The number of carboxylic acid groups (broad SMARTS) is 1. The van der Waals surface area contributed by atoms with E-state index in [1.807, 2.05) is 6.07 Å². The number of nitrogens with zero attached hydrogens (tertiary/aromatic N) is 1. The van der Waals surface area contributed by atoms with Crippen molar-refractivity contribution in [3.05, 3.63) is 62.6 Å². The molecule has 0 unspecified atom stereocenters. The molecule has 1 aromatic heterocycles. The number of rotatable bonds is 3. The van der Waals surface area contributed by atoms with Gasteiger partial charge in [-0.1, -0.05) is 6.07 Å². The van der Waals surface area contributed by atoms with Gasteiger partial charge in [0.2, 0.25) is 0 Å². The second-order valence-corrected chi connectivity index (χ2v) is 8.62. The van der Waals surface area contributed by atoms with E-state index in [-0.39, 0.29) is 11.0 Å². The summed E-state index contributed by atoms with van der Waals surface area (Å²) in [5, 5.41) is 9.37. The molecule has 1 aliphatic heterocycles. The zero-order valence-corrected chi connectivity index (χ0v) is 17.4. The number of aryl methyl sites for hydroxylation is 1. The molecular formula is C23H28N2O4. The van der Waals surface area contributed by atoms with Crippen LogP contribution in [0.15, 0.2) is 29.1 Å². The van der Waals surface area contributed by atoms with E-state index < -0.39 is 11.5 Å². The molecule has 1 aliphatic carbocycles. The van der Waals surface area contributed by atoms with Gasteiger partial charge in [0, 0.05) is 17.2 Å². The summed E-state index contributed by atoms with van der Waals surface area (Å²) in [7, 11) is 3.83. The fourth-order valence-electron chi connectivity index (χ4n) is 5.48.